The molecule has 0 aromatic heterocycles. The first kappa shape index (κ1) is 21.1. The van der Waals surface area contributed by atoms with Crippen LogP contribution < -0.4 is 5.73 Å². The van der Waals surface area contributed by atoms with Crippen LogP contribution >= 0.6 is 0 Å². The molecule has 0 bridgehead atoms. The van der Waals surface area contributed by atoms with E-state index >= 15 is 0 Å². The Hall–Kier alpha value is -1.92. The first-order chi connectivity index (χ1) is 10.7. The number of aliphatic hydroxyl groups is 1. The summed E-state index contributed by atoms with van der Waals surface area (Å²) in [6, 6.07) is 8.73. The van der Waals surface area contributed by atoms with Gasteiger partial charge in [-0.2, -0.15) is 0 Å². The van der Waals surface area contributed by atoms with Crippen molar-refractivity contribution in [2.75, 3.05) is 6.61 Å². The molecular formula is C17H27NO5. The third-order valence-electron chi connectivity index (χ3n) is 3.68. The van der Waals surface area contributed by atoms with Gasteiger partial charge in [-0.1, -0.05) is 51.1 Å². The van der Waals surface area contributed by atoms with Crippen LogP contribution in [0.4, 0.5) is 0 Å². The zero-order valence-corrected chi connectivity index (χ0v) is 13.9. The maximum Gasteiger partial charge on any atom is 0.321 e. The highest BCUT2D eigenvalue weighted by atomic mass is 16.4. The summed E-state index contributed by atoms with van der Waals surface area (Å²) in [5, 5.41) is 25.9. The summed E-state index contributed by atoms with van der Waals surface area (Å²) in [6.07, 6.45) is 1.32. The van der Waals surface area contributed by atoms with E-state index in [-0.39, 0.29) is 12.5 Å². The van der Waals surface area contributed by atoms with Crippen molar-refractivity contribution in [3.05, 3.63) is 35.9 Å². The molecular weight excluding hydrogens is 298 g/mol. The third-order valence-corrected chi connectivity index (χ3v) is 3.68. The van der Waals surface area contributed by atoms with Crippen molar-refractivity contribution in [2.45, 2.75) is 39.7 Å². The SMILES string of the molecule is CC(C)(CO)C(N)C(=O)O.CCC(Cc1ccccc1)C(=O)O. The van der Waals surface area contributed by atoms with Crippen LogP contribution in [0.15, 0.2) is 30.3 Å². The maximum absolute atomic E-state index is 10.7. The average molecular weight is 325 g/mol. The van der Waals surface area contributed by atoms with Gasteiger partial charge in [0.25, 0.3) is 0 Å². The Bertz CT molecular complexity index is 487. The number of hydrogen-bond acceptors (Lipinski definition) is 4. The van der Waals surface area contributed by atoms with Gasteiger partial charge in [-0.15, -0.1) is 0 Å². The molecule has 0 saturated heterocycles. The van der Waals surface area contributed by atoms with Crippen LogP contribution in [0.2, 0.25) is 0 Å². The summed E-state index contributed by atoms with van der Waals surface area (Å²) in [5.74, 6) is -2.03. The molecule has 0 amide bonds. The quantitative estimate of drug-likeness (QED) is 0.606. The van der Waals surface area contributed by atoms with Crippen molar-refractivity contribution in [1.82, 2.24) is 0 Å². The van der Waals surface area contributed by atoms with E-state index in [1.54, 1.807) is 13.8 Å². The van der Waals surface area contributed by atoms with E-state index < -0.39 is 23.4 Å². The Kier molecular flexibility index (Phi) is 9.14. The minimum absolute atomic E-state index is 0.222. The fraction of sp³-hybridized carbons (Fsp3) is 0.529. The number of aliphatic hydroxyl groups excluding tert-OH is 1. The molecule has 0 radical (unpaired) electrons. The molecule has 5 N–H and O–H groups in total. The molecule has 2 atom stereocenters. The lowest BCUT2D eigenvalue weighted by molar-refractivity contribution is -0.142. The Balaban J connectivity index is 0.000000438. The van der Waals surface area contributed by atoms with Crippen LogP contribution in [-0.4, -0.2) is 39.9 Å². The normalized spacial score (nSPS) is 13.4. The van der Waals surface area contributed by atoms with Gasteiger partial charge in [0.2, 0.25) is 0 Å². The molecule has 0 heterocycles. The van der Waals surface area contributed by atoms with Gasteiger partial charge in [0.1, 0.15) is 6.04 Å². The van der Waals surface area contributed by atoms with Gasteiger partial charge in [0.15, 0.2) is 0 Å². The molecule has 23 heavy (non-hydrogen) atoms. The van der Waals surface area contributed by atoms with E-state index in [9.17, 15) is 9.59 Å². The minimum Gasteiger partial charge on any atom is -0.481 e. The lowest BCUT2D eigenvalue weighted by Crippen LogP contribution is -2.45. The number of carbonyl (C=O) groups is 2. The van der Waals surface area contributed by atoms with Crippen LogP contribution in [0, 0.1) is 11.3 Å². The highest BCUT2D eigenvalue weighted by Crippen LogP contribution is 2.17. The molecule has 2 unspecified atom stereocenters. The minimum atomic E-state index is -1.08. The van der Waals surface area contributed by atoms with Crippen LogP contribution in [0.3, 0.4) is 0 Å². The second-order valence-electron chi connectivity index (χ2n) is 6.10. The van der Waals surface area contributed by atoms with Gasteiger partial charge < -0.3 is 21.1 Å². The van der Waals surface area contributed by atoms with Crippen molar-refractivity contribution in [2.24, 2.45) is 17.1 Å². The summed E-state index contributed by atoms with van der Waals surface area (Å²) in [5.41, 5.74) is 5.60. The molecule has 130 valence electrons. The molecule has 1 aromatic rings. The van der Waals surface area contributed by atoms with Crippen LogP contribution in [-0.2, 0) is 16.0 Å². The summed E-state index contributed by atoms with van der Waals surface area (Å²) in [7, 11) is 0. The smallest absolute Gasteiger partial charge is 0.321 e. The van der Waals surface area contributed by atoms with Crippen LogP contribution in [0.5, 0.6) is 0 Å². The van der Waals surface area contributed by atoms with Gasteiger partial charge >= 0.3 is 11.9 Å². The summed E-state index contributed by atoms with van der Waals surface area (Å²) < 4.78 is 0. The van der Waals surface area contributed by atoms with E-state index in [4.69, 9.17) is 21.1 Å². The number of aliphatic carboxylic acids is 2. The molecule has 6 nitrogen and oxygen atoms in total. The number of rotatable bonds is 7. The van der Waals surface area contributed by atoms with Crippen molar-refractivity contribution in [3.8, 4) is 0 Å². The molecule has 6 heteroatoms. The van der Waals surface area contributed by atoms with E-state index in [1.807, 2.05) is 37.3 Å². The first-order valence-electron chi connectivity index (χ1n) is 7.51. The second-order valence-corrected chi connectivity index (χ2v) is 6.10. The predicted octanol–water partition coefficient (Wildman–Crippen LogP) is 1.76. The second kappa shape index (κ2) is 9.97. The van der Waals surface area contributed by atoms with E-state index in [1.165, 1.54) is 0 Å². The largest absolute Gasteiger partial charge is 0.481 e. The Labute approximate surface area is 136 Å². The zero-order chi connectivity index (χ0) is 18.0. The number of benzene rings is 1. The fourth-order valence-corrected chi connectivity index (χ4v) is 1.74. The van der Waals surface area contributed by atoms with E-state index in [0.29, 0.717) is 12.8 Å². The monoisotopic (exact) mass is 325 g/mol. The van der Waals surface area contributed by atoms with Gasteiger partial charge in [-0.25, -0.2) is 0 Å². The lowest BCUT2D eigenvalue weighted by atomic mass is 9.86. The molecule has 0 fully saturated rings. The Morgan fingerprint density at radius 2 is 1.65 bits per heavy atom. The molecule has 0 aliphatic carbocycles. The summed E-state index contributed by atoms with van der Waals surface area (Å²) in [6.45, 7) is 4.89. The molecule has 0 spiro atoms. The summed E-state index contributed by atoms with van der Waals surface area (Å²) >= 11 is 0. The number of hydrogen-bond donors (Lipinski definition) is 4. The van der Waals surface area contributed by atoms with E-state index in [0.717, 1.165) is 5.56 Å². The fourth-order valence-electron chi connectivity index (χ4n) is 1.74. The molecule has 1 aromatic carbocycles. The first-order valence-corrected chi connectivity index (χ1v) is 7.51. The van der Waals surface area contributed by atoms with Crippen molar-refractivity contribution in [1.29, 1.82) is 0 Å². The number of nitrogens with two attached hydrogens (primary N) is 1. The van der Waals surface area contributed by atoms with E-state index in [2.05, 4.69) is 0 Å². The van der Waals surface area contributed by atoms with Gasteiger partial charge in [0, 0.05) is 5.41 Å². The standard InChI is InChI=1S/C11H14O2.C6H13NO3/c1-2-10(11(12)13)8-9-6-4-3-5-7-9;1-6(2,3-8)4(7)5(9)10/h3-7,10H,2,8H2,1H3,(H,12,13);4,8H,3,7H2,1-2H3,(H,9,10). The maximum atomic E-state index is 10.7. The molecule has 0 aliphatic rings. The van der Waals surface area contributed by atoms with Gasteiger partial charge in [-0.3, -0.25) is 9.59 Å². The third kappa shape index (κ3) is 7.76. The average Bonchev–Trinajstić information content (AvgIpc) is 2.53. The highest BCUT2D eigenvalue weighted by Gasteiger charge is 2.30. The number of carboxylic acid groups (broad SMARTS) is 2. The van der Waals surface area contributed by atoms with Crippen molar-refractivity contribution >= 4 is 11.9 Å². The molecule has 1 rings (SSSR count). The summed E-state index contributed by atoms with van der Waals surface area (Å²) in [4.78, 5) is 21.0. The van der Waals surface area contributed by atoms with Crippen molar-refractivity contribution in [3.63, 3.8) is 0 Å². The molecule has 0 aliphatic heterocycles. The predicted molar refractivity (Wildman–Crippen MR) is 88.0 cm³/mol. The Morgan fingerprint density at radius 3 is 1.96 bits per heavy atom. The lowest BCUT2D eigenvalue weighted by Gasteiger charge is -2.25. The topological polar surface area (TPSA) is 121 Å². The van der Waals surface area contributed by atoms with Gasteiger partial charge in [0.05, 0.1) is 12.5 Å². The van der Waals surface area contributed by atoms with Crippen LogP contribution in [0.25, 0.3) is 0 Å². The highest BCUT2D eigenvalue weighted by molar-refractivity contribution is 5.74. The van der Waals surface area contributed by atoms with Crippen molar-refractivity contribution < 1.29 is 24.9 Å². The zero-order valence-electron chi connectivity index (χ0n) is 13.9. The van der Waals surface area contributed by atoms with Crippen LogP contribution in [0.1, 0.15) is 32.8 Å². The van der Waals surface area contributed by atoms with Gasteiger partial charge in [-0.05, 0) is 18.4 Å². The molecule has 0 saturated carbocycles. The number of carboxylic acids is 2. The Morgan fingerprint density at radius 1 is 1.13 bits per heavy atom.